The van der Waals surface area contributed by atoms with Crippen LogP contribution in [0.25, 0.3) is 0 Å². The van der Waals surface area contributed by atoms with Crippen molar-refractivity contribution < 1.29 is 24.9 Å². The SMILES string of the molecule is CCCCCC(=O)CC(=C(C)C)C(CC(O)CO)C(=O)O. The van der Waals surface area contributed by atoms with Gasteiger partial charge in [0.15, 0.2) is 0 Å². The first-order valence-corrected chi connectivity index (χ1v) is 7.53. The van der Waals surface area contributed by atoms with E-state index in [1.54, 1.807) is 13.8 Å². The fourth-order valence-corrected chi connectivity index (χ4v) is 2.26. The zero-order valence-electron chi connectivity index (χ0n) is 13.3. The highest BCUT2D eigenvalue weighted by Gasteiger charge is 2.27. The molecule has 0 aliphatic heterocycles. The first-order chi connectivity index (χ1) is 9.83. The Bertz CT molecular complexity index is 369. The molecular weight excluding hydrogens is 272 g/mol. The van der Waals surface area contributed by atoms with Gasteiger partial charge in [-0.15, -0.1) is 0 Å². The van der Waals surface area contributed by atoms with Crippen LogP contribution in [0.4, 0.5) is 0 Å². The van der Waals surface area contributed by atoms with Gasteiger partial charge in [0.1, 0.15) is 5.78 Å². The van der Waals surface area contributed by atoms with E-state index in [0.29, 0.717) is 12.0 Å². The van der Waals surface area contributed by atoms with Crippen LogP contribution in [-0.2, 0) is 9.59 Å². The Morgan fingerprint density at radius 2 is 1.76 bits per heavy atom. The number of hydrogen-bond donors (Lipinski definition) is 3. The zero-order chi connectivity index (χ0) is 16.4. The molecule has 5 nitrogen and oxygen atoms in total. The highest BCUT2D eigenvalue weighted by Crippen LogP contribution is 2.25. The van der Waals surface area contributed by atoms with Crippen LogP contribution >= 0.6 is 0 Å². The standard InChI is InChI=1S/C16H28O5/c1-4-5-6-7-12(18)8-14(11(2)3)15(16(20)21)9-13(19)10-17/h13,15,17,19H,4-10H2,1-3H3,(H,20,21). The molecule has 0 aromatic heterocycles. The number of Topliss-reactive ketones (excluding diaryl/α,β-unsaturated/α-hetero) is 1. The molecule has 3 N–H and O–H groups in total. The van der Waals surface area contributed by atoms with Gasteiger partial charge in [0.25, 0.3) is 0 Å². The minimum Gasteiger partial charge on any atom is -0.481 e. The van der Waals surface area contributed by atoms with Gasteiger partial charge in [0.05, 0.1) is 18.6 Å². The average molecular weight is 300 g/mol. The largest absolute Gasteiger partial charge is 0.481 e. The molecule has 21 heavy (non-hydrogen) atoms. The molecule has 0 aliphatic carbocycles. The summed E-state index contributed by atoms with van der Waals surface area (Å²) in [7, 11) is 0. The van der Waals surface area contributed by atoms with Crippen molar-refractivity contribution in [1.82, 2.24) is 0 Å². The van der Waals surface area contributed by atoms with E-state index >= 15 is 0 Å². The second-order valence-electron chi connectivity index (χ2n) is 5.66. The van der Waals surface area contributed by atoms with Crippen LogP contribution in [0.1, 0.15) is 59.3 Å². The van der Waals surface area contributed by atoms with Crippen LogP contribution in [0, 0.1) is 5.92 Å². The number of carboxylic acid groups (broad SMARTS) is 1. The summed E-state index contributed by atoms with van der Waals surface area (Å²) in [6.07, 6.45) is 2.25. The van der Waals surface area contributed by atoms with Gasteiger partial charge in [0, 0.05) is 12.8 Å². The number of aliphatic hydroxyl groups excluding tert-OH is 2. The highest BCUT2D eigenvalue weighted by molar-refractivity contribution is 5.83. The second kappa shape index (κ2) is 10.5. The van der Waals surface area contributed by atoms with Crippen molar-refractivity contribution in [1.29, 1.82) is 0 Å². The maximum atomic E-state index is 12.0. The van der Waals surface area contributed by atoms with Gasteiger partial charge >= 0.3 is 5.97 Å². The normalized spacial score (nSPS) is 13.6. The molecule has 0 heterocycles. The fourth-order valence-electron chi connectivity index (χ4n) is 2.26. The van der Waals surface area contributed by atoms with E-state index in [2.05, 4.69) is 6.92 Å². The van der Waals surface area contributed by atoms with Gasteiger partial charge in [0.2, 0.25) is 0 Å². The summed E-state index contributed by atoms with van der Waals surface area (Å²) in [5.41, 5.74) is 1.34. The van der Waals surface area contributed by atoms with Gasteiger partial charge in [-0.3, -0.25) is 9.59 Å². The summed E-state index contributed by atoms with van der Waals surface area (Å²) in [5, 5.41) is 27.7. The molecule has 0 aromatic rings. The van der Waals surface area contributed by atoms with Gasteiger partial charge < -0.3 is 15.3 Å². The lowest BCUT2D eigenvalue weighted by Crippen LogP contribution is -2.26. The van der Waals surface area contributed by atoms with E-state index in [9.17, 15) is 19.8 Å². The lowest BCUT2D eigenvalue weighted by atomic mass is 9.86. The number of rotatable bonds is 11. The lowest BCUT2D eigenvalue weighted by Gasteiger charge is -2.20. The molecule has 0 bridgehead atoms. The summed E-state index contributed by atoms with van der Waals surface area (Å²) in [5.74, 6) is -1.96. The van der Waals surface area contributed by atoms with E-state index in [0.717, 1.165) is 24.8 Å². The number of carboxylic acids is 1. The van der Waals surface area contributed by atoms with Crippen LogP contribution in [0.3, 0.4) is 0 Å². The van der Waals surface area contributed by atoms with Gasteiger partial charge in [-0.1, -0.05) is 25.3 Å². The number of ketones is 1. The third kappa shape index (κ3) is 7.97. The summed E-state index contributed by atoms with van der Waals surface area (Å²) < 4.78 is 0. The lowest BCUT2D eigenvalue weighted by molar-refractivity contribution is -0.141. The minimum atomic E-state index is -1.09. The number of allylic oxidation sites excluding steroid dienone is 1. The van der Waals surface area contributed by atoms with Crippen molar-refractivity contribution in [2.45, 2.75) is 65.4 Å². The van der Waals surface area contributed by atoms with E-state index < -0.39 is 24.6 Å². The molecule has 2 unspecified atom stereocenters. The Morgan fingerprint density at radius 1 is 1.14 bits per heavy atom. The van der Waals surface area contributed by atoms with Gasteiger partial charge in [-0.05, 0) is 32.3 Å². The maximum Gasteiger partial charge on any atom is 0.310 e. The third-order valence-corrected chi connectivity index (χ3v) is 3.53. The monoisotopic (exact) mass is 300 g/mol. The van der Waals surface area contributed by atoms with Gasteiger partial charge in [-0.2, -0.15) is 0 Å². The summed E-state index contributed by atoms with van der Waals surface area (Å²) in [4.78, 5) is 23.4. The Labute approximate surface area is 126 Å². The fraction of sp³-hybridized carbons (Fsp3) is 0.750. The molecule has 0 amide bonds. The van der Waals surface area contributed by atoms with Crippen LogP contribution in [-0.4, -0.2) is 39.8 Å². The number of carbonyl (C=O) groups excluding carboxylic acids is 1. The van der Waals surface area contributed by atoms with Crippen LogP contribution in [0.2, 0.25) is 0 Å². The molecule has 5 heteroatoms. The molecule has 0 aliphatic rings. The predicted molar refractivity (Wildman–Crippen MR) is 81.0 cm³/mol. The molecule has 0 saturated carbocycles. The Balaban J connectivity index is 4.89. The van der Waals surface area contributed by atoms with Crippen LogP contribution in [0.5, 0.6) is 0 Å². The minimum absolute atomic E-state index is 0.0318. The van der Waals surface area contributed by atoms with Crippen molar-refractivity contribution in [3.63, 3.8) is 0 Å². The molecule has 0 saturated heterocycles. The van der Waals surface area contributed by atoms with Crippen molar-refractivity contribution in [3.8, 4) is 0 Å². The number of aliphatic carboxylic acids is 1. The number of unbranched alkanes of at least 4 members (excludes halogenated alkanes) is 2. The van der Waals surface area contributed by atoms with Crippen molar-refractivity contribution in [2.24, 2.45) is 5.92 Å². The van der Waals surface area contributed by atoms with Gasteiger partial charge in [-0.25, -0.2) is 0 Å². The van der Waals surface area contributed by atoms with Crippen molar-refractivity contribution in [2.75, 3.05) is 6.61 Å². The molecular formula is C16H28O5. The zero-order valence-corrected chi connectivity index (χ0v) is 13.3. The van der Waals surface area contributed by atoms with Crippen LogP contribution in [0.15, 0.2) is 11.1 Å². The van der Waals surface area contributed by atoms with E-state index in [1.165, 1.54) is 0 Å². The Hall–Kier alpha value is -1.20. The summed E-state index contributed by atoms with van der Waals surface area (Å²) >= 11 is 0. The third-order valence-electron chi connectivity index (χ3n) is 3.53. The van der Waals surface area contributed by atoms with E-state index in [1.807, 2.05) is 0 Å². The van der Waals surface area contributed by atoms with Crippen LogP contribution < -0.4 is 0 Å². The quantitative estimate of drug-likeness (QED) is 0.402. The summed E-state index contributed by atoms with van der Waals surface area (Å²) in [6.45, 7) is 5.12. The molecule has 0 rings (SSSR count). The van der Waals surface area contributed by atoms with E-state index in [4.69, 9.17) is 5.11 Å². The second-order valence-corrected chi connectivity index (χ2v) is 5.66. The molecule has 0 spiro atoms. The number of carbonyl (C=O) groups is 2. The molecule has 0 aromatic carbocycles. The molecule has 122 valence electrons. The molecule has 0 fully saturated rings. The van der Waals surface area contributed by atoms with Crippen molar-refractivity contribution >= 4 is 11.8 Å². The average Bonchev–Trinajstić information content (AvgIpc) is 2.42. The van der Waals surface area contributed by atoms with E-state index in [-0.39, 0.29) is 18.6 Å². The van der Waals surface area contributed by atoms with Crippen molar-refractivity contribution in [3.05, 3.63) is 11.1 Å². The number of hydrogen-bond acceptors (Lipinski definition) is 4. The molecule has 2 atom stereocenters. The topological polar surface area (TPSA) is 94.8 Å². The Morgan fingerprint density at radius 3 is 2.19 bits per heavy atom. The summed E-state index contributed by atoms with van der Waals surface area (Å²) in [6, 6.07) is 0. The first kappa shape index (κ1) is 19.8. The first-order valence-electron chi connectivity index (χ1n) is 7.53. The highest BCUT2D eigenvalue weighted by atomic mass is 16.4. The predicted octanol–water partition coefficient (Wildman–Crippen LogP) is 2.31. The Kier molecular flexibility index (Phi) is 9.91. The maximum absolute atomic E-state index is 12.0. The molecule has 0 radical (unpaired) electrons. The number of aliphatic hydroxyl groups is 2. The smallest absolute Gasteiger partial charge is 0.310 e.